The van der Waals surface area contributed by atoms with Gasteiger partial charge in [0.15, 0.2) is 11.5 Å². The maximum atomic E-state index is 12.7. The molecule has 0 amide bonds. The number of furan rings is 1. The Hall–Kier alpha value is -3.70. The van der Waals surface area contributed by atoms with Crippen molar-refractivity contribution < 1.29 is 19.1 Å². The number of halogens is 1. The molecule has 4 aromatic rings. The Morgan fingerprint density at radius 1 is 0.967 bits per heavy atom. The smallest absolute Gasteiger partial charge is 0.345 e. The fraction of sp³-hybridized carbons (Fsp3) is 0.0417. The van der Waals surface area contributed by atoms with Crippen LogP contribution in [0.5, 0.6) is 11.5 Å². The second-order valence-corrected chi connectivity index (χ2v) is 6.85. The average molecular weight is 420 g/mol. The molecule has 0 aliphatic heterocycles. The van der Waals surface area contributed by atoms with E-state index in [4.69, 9.17) is 20.8 Å². The number of carbonyl (C=O) groups is 1. The molecule has 0 saturated carbocycles. The van der Waals surface area contributed by atoms with Gasteiger partial charge in [-0.2, -0.15) is 0 Å². The van der Waals surface area contributed by atoms with Gasteiger partial charge in [-0.15, -0.1) is 0 Å². The number of anilines is 1. The van der Waals surface area contributed by atoms with Crippen molar-refractivity contribution in [3.63, 3.8) is 0 Å². The summed E-state index contributed by atoms with van der Waals surface area (Å²) in [5, 5.41) is 14.0. The monoisotopic (exact) mass is 419 g/mol. The van der Waals surface area contributed by atoms with Gasteiger partial charge >= 0.3 is 5.97 Å². The Morgan fingerprint density at radius 2 is 1.63 bits per heavy atom. The third kappa shape index (κ3) is 3.63. The molecule has 2 N–H and O–H groups in total. The van der Waals surface area contributed by atoms with Crippen LogP contribution in [0.3, 0.4) is 0 Å². The number of hydrogen-bond donors (Lipinski definition) is 2. The van der Waals surface area contributed by atoms with Crippen LogP contribution in [-0.2, 0) is 0 Å². The van der Waals surface area contributed by atoms with Crippen LogP contribution in [0.1, 0.15) is 10.4 Å². The summed E-state index contributed by atoms with van der Waals surface area (Å²) >= 11 is 6.58. The lowest BCUT2D eigenvalue weighted by molar-refractivity contribution is 0.0735. The number of aromatic hydroxyl groups is 1. The van der Waals surface area contributed by atoms with Crippen molar-refractivity contribution in [3.8, 4) is 33.9 Å². The molecule has 150 valence electrons. The van der Waals surface area contributed by atoms with Gasteiger partial charge in [0.05, 0.1) is 16.1 Å². The first-order valence-corrected chi connectivity index (χ1v) is 9.63. The zero-order valence-electron chi connectivity index (χ0n) is 16.1. The summed E-state index contributed by atoms with van der Waals surface area (Å²) in [4.78, 5) is 12.7. The van der Waals surface area contributed by atoms with Crippen molar-refractivity contribution in [2.45, 2.75) is 0 Å². The molecule has 1 aromatic heterocycles. The fourth-order valence-corrected chi connectivity index (χ4v) is 3.46. The summed E-state index contributed by atoms with van der Waals surface area (Å²) in [6.45, 7) is 0. The standard InChI is InChI=1S/C24H18ClNO4/c1-26-23-19(21(27)22(30-23)15-9-4-2-5-10-15)17-13-8-14-18(20(17)25)24(28)29-16-11-6-3-7-12-16/h2-14,26-27H,1H3. The third-order valence-electron chi connectivity index (χ3n) is 4.59. The number of benzene rings is 3. The summed E-state index contributed by atoms with van der Waals surface area (Å²) in [6, 6.07) is 22.9. The second kappa shape index (κ2) is 8.35. The largest absolute Gasteiger partial charge is 0.504 e. The maximum absolute atomic E-state index is 12.7. The van der Waals surface area contributed by atoms with Crippen molar-refractivity contribution in [1.82, 2.24) is 0 Å². The third-order valence-corrected chi connectivity index (χ3v) is 5.00. The molecule has 0 saturated heterocycles. The van der Waals surface area contributed by atoms with Gasteiger partial charge in [-0.1, -0.05) is 72.3 Å². The van der Waals surface area contributed by atoms with Crippen LogP contribution in [-0.4, -0.2) is 18.1 Å². The number of esters is 1. The lowest BCUT2D eigenvalue weighted by atomic mass is 10.0. The van der Waals surface area contributed by atoms with E-state index in [1.54, 1.807) is 49.5 Å². The number of nitrogens with one attached hydrogen (secondary N) is 1. The zero-order chi connectivity index (χ0) is 21.1. The van der Waals surface area contributed by atoms with Crippen molar-refractivity contribution in [2.75, 3.05) is 12.4 Å². The molecule has 0 aliphatic carbocycles. The molecule has 0 bridgehead atoms. The second-order valence-electron chi connectivity index (χ2n) is 6.47. The van der Waals surface area contributed by atoms with E-state index in [0.29, 0.717) is 34.1 Å². The quantitative estimate of drug-likeness (QED) is 0.296. The Bertz CT molecular complexity index is 1190. The van der Waals surface area contributed by atoms with Crippen LogP contribution < -0.4 is 10.1 Å². The van der Waals surface area contributed by atoms with E-state index in [1.807, 2.05) is 36.4 Å². The van der Waals surface area contributed by atoms with Gasteiger partial charge in [0, 0.05) is 18.2 Å². The van der Waals surface area contributed by atoms with Gasteiger partial charge in [-0.25, -0.2) is 4.79 Å². The van der Waals surface area contributed by atoms with Gasteiger partial charge in [0.1, 0.15) is 5.75 Å². The lowest BCUT2D eigenvalue weighted by Gasteiger charge is -2.10. The summed E-state index contributed by atoms with van der Waals surface area (Å²) in [5.74, 6) is 0.397. The van der Waals surface area contributed by atoms with Crippen LogP contribution in [0.15, 0.2) is 83.3 Å². The zero-order valence-corrected chi connectivity index (χ0v) is 16.8. The number of rotatable bonds is 5. The highest BCUT2D eigenvalue weighted by Gasteiger charge is 2.26. The van der Waals surface area contributed by atoms with Crippen molar-refractivity contribution in [3.05, 3.63) is 89.4 Å². The first-order chi connectivity index (χ1) is 14.6. The minimum absolute atomic E-state index is 0.0685. The average Bonchev–Trinajstić information content (AvgIpc) is 3.11. The number of carbonyl (C=O) groups excluding carboxylic acids is 1. The molecule has 5 nitrogen and oxygen atoms in total. The summed E-state index contributed by atoms with van der Waals surface area (Å²) in [7, 11) is 1.68. The van der Waals surface area contributed by atoms with E-state index in [9.17, 15) is 9.90 Å². The van der Waals surface area contributed by atoms with E-state index in [0.717, 1.165) is 0 Å². The predicted octanol–water partition coefficient (Wildman–Crippen LogP) is 6.23. The Morgan fingerprint density at radius 3 is 2.30 bits per heavy atom. The van der Waals surface area contributed by atoms with Crippen molar-refractivity contribution in [2.24, 2.45) is 0 Å². The summed E-state index contributed by atoms with van der Waals surface area (Å²) in [6.07, 6.45) is 0. The molecule has 0 fully saturated rings. The van der Waals surface area contributed by atoms with E-state index < -0.39 is 5.97 Å². The molecule has 0 atom stereocenters. The Kier molecular flexibility index (Phi) is 5.46. The van der Waals surface area contributed by atoms with E-state index in [1.165, 1.54) is 0 Å². The molecule has 0 spiro atoms. The first-order valence-electron chi connectivity index (χ1n) is 9.25. The van der Waals surface area contributed by atoms with Crippen molar-refractivity contribution >= 4 is 23.5 Å². The minimum atomic E-state index is -0.592. The van der Waals surface area contributed by atoms with Gasteiger partial charge in [-0.3, -0.25) is 0 Å². The molecular weight excluding hydrogens is 402 g/mol. The summed E-state index contributed by atoms with van der Waals surface area (Å²) in [5.41, 5.74) is 1.72. The molecule has 1 heterocycles. The minimum Gasteiger partial charge on any atom is -0.504 e. The molecule has 3 aromatic carbocycles. The van der Waals surface area contributed by atoms with E-state index in [-0.39, 0.29) is 16.3 Å². The molecule has 6 heteroatoms. The van der Waals surface area contributed by atoms with Crippen molar-refractivity contribution in [1.29, 1.82) is 0 Å². The molecule has 4 rings (SSSR count). The highest BCUT2D eigenvalue weighted by Crippen LogP contribution is 2.48. The molecular formula is C24H18ClNO4. The highest BCUT2D eigenvalue weighted by atomic mass is 35.5. The van der Waals surface area contributed by atoms with Crippen LogP contribution in [0.25, 0.3) is 22.5 Å². The first kappa shape index (κ1) is 19.6. The number of ether oxygens (including phenoxy) is 1. The molecule has 0 radical (unpaired) electrons. The van der Waals surface area contributed by atoms with Gasteiger partial charge in [-0.05, 0) is 18.2 Å². The molecule has 30 heavy (non-hydrogen) atoms. The fourth-order valence-electron chi connectivity index (χ4n) is 3.17. The summed E-state index contributed by atoms with van der Waals surface area (Å²) < 4.78 is 11.3. The Labute approximate surface area is 178 Å². The van der Waals surface area contributed by atoms with Gasteiger partial charge in [0.25, 0.3) is 0 Å². The SMILES string of the molecule is CNc1oc(-c2ccccc2)c(O)c1-c1cccc(C(=O)Oc2ccccc2)c1Cl. The van der Waals surface area contributed by atoms with Crippen LogP contribution in [0, 0.1) is 0 Å². The van der Waals surface area contributed by atoms with Crippen LogP contribution in [0.4, 0.5) is 5.88 Å². The number of hydrogen-bond acceptors (Lipinski definition) is 5. The normalized spacial score (nSPS) is 10.6. The molecule has 0 aliphatic rings. The van der Waals surface area contributed by atoms with Crippen LogP contribution >= 0.6 is 11.6 Å². The Balaban J connectivity index is 1.78. The number of para-hydroxylation sites is 1. The van der Waals surface area contributed by atoms with Crippen LogP contribution in [0.2, 0.25) is 5.02 Å². The highest BCUT2D eigenvalue weighted by molar-refractivity contribution is 6.36. The van der Waals surface area contributed by atoms with Gasteiger partial charge in [0.2, 0.25) is 5.88 Å². The van der Waals surface area contributed by atoms with E-state index >= 15 is 0 Å². The maximum Gasteiger partial charge on any atom is 0.345 e. The molecule has 0 unspecified atom stereocenters. The topological polar surface area (TPSA) is 71.7 Å². The van der Waals surface area contributed by atoms with Gasteiger partial charge < -0.3 is 19.6 Å². The predicted molar refractivity (Wildman–Crippen MR) is 117 cm³/mol. The van der Waals surface area contributed by atoms with E-state index in [2.05, 4.69) is 5.32 Å². The lowest BCUT2D eigenvalue weighted by Crippen LogP contribution is -2.09.